The van der Waals surface area contributed by atoms with Crippen LogP contribution in [0.25, 0.3) is 16.8 Å². The van der Waals surface area contributed by atoms with Gasteiger partial charge in [-0.05, 0) is 31.0 Å². The number of rotatable bonds is 6. The Hall–Kier alpha value is -3.58. The number of amides is 1. The number of nitrogens with zero attached hydrogens (tertiary/aromatic N) is 4. The zero-order chi connectivity index (χ0) is 23.5. The number of hydrogen-bond donors (Lipinski definition) is 1. The molecule has 0 spiro atoms. The van der Waals surface area contributed by atoms with Crippen molar-refractivity contribution in [2.24, 2.45) is 5.92 Å². The average Bonchev–Trinajstić information content (AvgIpc) is 3.32. The maximum atomic E-state index is 13.0. The van der Waals surface area contributed by atoms with E-state index in [1.54, 1.807) is 13.3 Å². The van der Waals surface area contributed by atoms with E-state index in [0.29, 0.717) is 18.1 Å². The van der Waals surface area contributed by atoms with Crippen molar-refractivity contribution in [1.82, 2.24) is 19.9 Å². The average molecular weight is 476 g/mol. The Bertz CT molecular complexity index is 1320. The SMILES string of the molecule is COc1ccccc1CNC(=O)C1CCCN(c2nccn3nc(-c4ccccc4Cl)cc23)C1. The van der Waals surface area contributed by atoms with E-state index < -0.39 is 0 Å². The second kappa shape index (κ2) is 9.73. The number of nitrogens with one attached hydrogen (secondary N) is 1. The number of methoxy groups -OCH3 is 1. The van der Waals surface area contributed by atoms with Crippen molar-refractivity contribution in [2.45, 2.75) is 19.4 Å². The molecule has 1 amide bonds. The van der Waals surface area contributed by atoms with Crippen LogP contribution in [0.4, 0.5) is 5.82 Å². The number of anilines is 1. The highest BCUT2D eigenvalue weighted by atomic mass is 35.5. The molecule has 4 aromatic rings. The van der Waals surface area contributed by atoms with Crippen molar-refractivity contribution in [3.05, 3.63) is 77.6 Å². The van der Waals surface area contributed by atoms with Gasteiger partial charge < -0.3 is 15.0 Å². The molecule has 1 saturated heterocycles. The summed E-state index contributed by atoms with van der Waals surface area (Å²) in [6.07, 6.45) is 5.35. The molecule has 174 valence electrons. The molecule has 7 nitrogen and oxygen atoms in total. The Balaban J connectivity index is 1.34. The predicted octanol–water partition coefficient (Wildman–Crippen LogP) is 4.59. The molecule has 1 unspecified atom stereocenters. The number of ether oxygens (including phenoxy) is 1. The molecule has 0 bridgehead atoms. The molecule has 34 heavy (non-hydrogen) atoms. The molecular weight excluding hydrogens is 450 g/mol. The summed E-state index contributed by atoms with van der Waals surface area (Å²) in [4.78, 5) is 19.8. The van der Waals surface area contributed by atoms with Crippen molar-refractivity contribution in [3.63, 3.8) is 0 Å². The summed E-state index contributed by atoms with van der Waals surface area (Å²) >= 11 is 6.39. The summed E-state index contributed by atoms with van der Waals surface area (Å²) in [6.45, 7) is 1.89. The highest BCUT2D eigenvalue weighted by molar-refractivity contribution is 6.33. The molecule has 0 radical (unpaired) electrons. The van der Waals surface area contributed by atoms with Crippen LogP contribution in [0, 0.1) is 5.92 Å². The Labute approximate surface area is 203 Å². The van der Waals surface area contributed by atoms with Crippen LogP contribution in [0.2, 0.25) is 5.02 Å². The van der Waals surface area contributed by atoms with Crippen LogP contribution in [0.3, 0.4) is 0 Å². The first kappa shape index (κ1) is 22.2. The van der Waals surface area contributed by atoms with E-state index in [1.807, 2.05) is 65.3 Å². The van der Waals surface area contributed by atoms with Crippen molar-refractivity contribution < 1.29 is 9.53 Å². The number of carbonyl (C=O) groups excluding carboxylic acids is 1. The summed E-state index contributed by atoms with van der Waals surface area (Å²) in [5, 5.41) is 8.45. The first-order valence-corrected chi connectivity index (χ1v) is 11.8. The molecule has 1 aliphatic heterocycles. The van der Waals surface area contributed by atoms with Crippen molar-refractivity contribution in [2.75, 3.05) is 25.1 Å². The Morgan fingerprint density at radius 3 is 2.88 bits per heavy atom. The van der Waals surface area contributed by atoms with Gasteiger partial charge in [-0.3, -0.25) is 4.79 Å². The van der Waals surface area contributed by atoms with E-state index in [-0.39, 0.29) is 11.8 Å². The van der Waals surface area contributed by atoms with Crippen LogP contribution in [0.5, 0.6) is 5.75 Å². The number of carbonyl (C=O) groups is 1. The number of halogens is 1. The van der Waals surface area contributed by atoms with Gasteiger partial charge in [0.25, 0.3) is 0 Å². The lowest BCUT2D eigenvalue weighted by atomic mass is 9.97. The Morgan fingerprint density at radius 2 is 2.03 bits per heavy atom. The second-order valence-corrected chi connectivity index (χ2v) is 8.81. The fourth-order valence-electron chi connectivity index (χ4n) is 4.51. The number of piperidine rings is 1. The lowest BCUT2D eigenvalue weighted by molar-refractivity contribution is -0.125. The third kappa shape index (κ3) is 4.43. The van der Waals surface area contributed by atoms with Gasteiger partial charge in [0.1, 0.15) is 11.3 Å². The van der Waals surface area contributed by atoms with Crippen LogP contribution in [0.1, 0.15) is 18.4 Å². The molecule has 1 atom stereocenters. The summed E-state index contributed by atoms with van der Waals surface area (Å²) in [5.41, 5.74) is 3.53. The van der Waals surface area contributed by atoms with Crippen LogP contribution in [-0.2, 0) is 11.3 Å². The maximum Gasteiger partial charge on any atom is 0.225 e. The molecule has 2 aromatic heterocycles. The van der Waals surface area contributed by atoms with E-state index in [4.69, 9.17) is 21.4 Å². The number of para-hydroxylation sites is 1. The number of fused-ring (bicyclic) bond motifs is 1. The molecular formula is C26H26ClN5O2. The highest BCUT2D eigenvalue weighted by Crippen LogP contribution is 2.31. The fourth-order valence-corrected chi connectivity index (χ4v) is 4.74. The van der Waals surface area contributed by atoms with Gasteiger partial charge >= 0.3 is 0 Å². The van der Waals surface area contributed by atoms with Crippen molar-refractivity contribution in [3.8, 4) is 17.0 Å². The minimum absolute atomic E-state index is 0.0489. The Kier molecular flexibility index (Phi) is 6.36. The van der Waals surface area contributed by atoms with E-state index in [1.165, 1.54) is 0 Å². The normalized spacial score (nSPS) is 15.9. The van der Waals surface area contributed by atoms with Crippen molar-refractivity contribution in [1.29, 1.82) is 0 Å². The fraction of sp³-hybridized carbons (Fsp3) is 0.269. The van der Waals surface area contributed by atoms with Crippen molar-refractivity contribution >= 4 is 28.8 Å². The topological polar surface area (TPSA) is 71.8 Å². The third-order valence-electron chi connectivity index (χ3n) is 6.26. The third-order valence-corrected chi connectivity index (χ3v) is 6.59. The largest absolute Gasteiger partial charge is 0.496 e. The maximum absolute atomic E-state index is 13.0. The van der Waals surface area contributed by atoms with Gasteiger partial charge in [-0.15, -0.1) is 0 Å². The summed E-state index contributed by atoms with van der Waals surface area (Å²) in [7, 11) is 1.64. The van der Waals surface area contributed by atoms with Gasteiger partial charge in [0.2, 0.25) is 5.91 Å². The highest BCUT2D eigenvalue weighted by Gasteiger charge is 2.28. The molecule has 3 heterocycles. The van der Waals surface area contributed by atoms with Gasteiger partial charge in [0.05, 0.1) is 23.7 Å². The van der Waals surface area contributed by atoms with Gasteiger partial charge in [0.15, 0.2) is 5.82 Å². The minimum atomic E-state index is -0.114. The first-order valence-electron chi connectivity index (χ1n) is 11.4. The Morgan fingerprint density at radius 1 is 1.21 bits per heavy atom. The molecule has 1 N–H and O–H groups in total. The lowest BCUT2D eigenvalue weighted by Gasteiger charge is -2.33. The van der Waals surface area contributed by atoms with Gasteiger partial charge in [0, 0.05) is 43.2 Å². The van der Waals surface area contributed by atoms with Crippen LogP contribution in [0.15, 0.2) is 67.0 Å². The van der Waals surface area contributed by atoms with Crippen LogP contribution < -0.4 is 15.0 Å². The zero-order valence-electron chi connectivity index (χ0n) is 18.9. The molecule has 5 rings (SSSR count). The van der Waals surface area contributed by atoms with E-state index in [0.717, 1.165) is 53.3 Å². The summed E-state index contributed by atoms with van der Waals surface area (Å²) in [5.74, 6) is 1.54. The molecule has 0 aliphatic carbocycles. The molecule has 1 fully saturated rings. The number of benzene rings is 2. The first-order chi connectivity index (χ1) is 16.6. The summed E-state index contributed by atoms with van der Waals surface area (Å²) in [6, 6.07) is 17.4. The minimum Gasteiger partial charge on any atom is -0.496 e. The number of aromatic nitrogens is 3. The number of hydrogen-bond acceptors (Lipinski definition) is 5. The molecule has 2 aromatic carbocycles. The smallest absolute Gasteiger partial charge is 0.225 e. The standard InChI is InChI=1S/C26H26ClN5O2/c1-34-24-11-5-2-7-18(24)16-29-26(33)19-8-6-13-31(17-19)25-23-15-22(30-32(23)14-12-28-25)20-9-3-4-10-21(20)27/h2-5,7,9-12,14-15,19H,6,8,13,16-17H2,1H3,(H,29,33). The molecule has 0 saturated carbocycles. The van der Waals surface area contributed by atoms with Gasteiger partial charge in [-0.2, -0.15) is 5.10 Å². The van der Waals surface area contributed by atoms with E-state index in [2.05, 4.69) is 15.2 Å². The van der Waals surface area contributed by atoms with E-state index in [9.17, 15) is 4.79 Å². The van der Waals surface area contributed by atoms with Crippen LogP contribution >= 0.6 is 11.6 Å². The second-order valence-electron chi connectivity index (χ2n) is 8.40. The monoisotopic (exact) mass is 475 g/mol. The van der Waals surface area contributed by atoms with Gasteiger partial charge in [-0.1, -0.05) is 48.0 Å². The van der Waals surface area contributed by atoms with Gasteiger partial charge in [-0.25, -0.2) is 9.50 Å². The lowest BCUT2D eigenvalue weighted by Crippen LogP contribution is -2.43. The molecule has 8 heteroatoms. The van der Waals surface area contributed by atoms with Crippen LogP contribution in [-0.4, -0.2) is 40.7 Å². The quantitative estimate of drug-likeness (QED) is 0.441. The predicted molar refractivity (Wildman–Crippen MR) is 133 cm³/mol. The zero-order valence-corrected chi connectivity index (χ0v) is 19.7. The summed E-state index contributed by atoms with van der Waals surface area (Å²) < 4.78 is 7.22. The molecule has 1 aliphatic rings. The van der Waals surface area contributed by atoms with E-state index >= 15 is 0 Å².